The minimum atomic E-state index is -4.54. The van der Waals surface area contributed by atoms with Crippen LogP contribution in [0.25, 0.3) is 0 Å². The highest BCUT2D eigenvalue weighted by Crippen LogP contribution is 2.33. The average molecular weight is 340 g/mol. The molecule has 1 amide bonds. The highest BCUT2D eigenvalue weighted by atomic mass is 19.4. The Labute approximate surface area is 135 Å². The van der Waals surface area contributed by atoms with Crippen LogP contribution in [0.5, 0.6) is 0 Å². The molecule has 1 atom stereocenters. The van der Waals surface area contributed by atoms with Gasteiger partial charge in [0.25, 0.3) is 5.91 Å². The van der Waals surface area contributed by atoms with E-state index in [4.69, 9.17) is 4.52 Å². The number of pyridine rings is 1. The number of carbonyl (C=O) groups excluding carboxylic acids is 1. The van der Waals surface area contributed by atoms with Gasteiger partial charge in [-0.05, 0) is 31.9 Å². The van der Waals surface area contributed by atoms with Crippen molar-refractivity contribution in [3.63, 3.8) is 0 Å². The van der Waals surface area contributed by atoms with Gasteiger partial charge < -0.3 is 9.42 Å². The minimum Gasteiger partial charge on any atom is -0.340 e. The van der Waals surface area contributed by atoms with Crippen molar-refractivity contribution in [3.05, 3.63) is 40.8 Å². The summed E-state index contributed by atoms with van der Waals surface area (Å²) in [5.41, 5.74) is -0.816. The summed E-state index contributed by atoms with van der Waals surface area (Å²) in [6, 6.07) is 1.66. The molecular formula is C15H15F3N4O2. The first-order chi connectivity index (χ1) is 11.3. The fourth-order valence-electron chi connectivity index (χ4n) is 2.83. The molecule has 0 bridgehead atoms. The van der Waals surface area contributed by atoms with E-state index in [0.717, 1.165) is 12.5 Å². The third kappa shape index (κ3) is 2.98. The van der Waals surface area contributed by atoms with E-state index in [1.165, 1.54) is 13.0 Å². The predicted molar refractivity (Wildman–Crippen MR) is 76.0 cm³/mol. The lowest BCUT2D eigenvalue weighted by molar-refractivity contribution is -0.141. The number of amides is 1. The van der Waals surface area contributed by atoms with Gasteiger partial charge in [-0.2, -0.15) is 18.2 Å². The standard InChI is InChI=1S/C15H15F3N4O2/c1-8-10(5-6-12(19-8)15(16,17)18)14(23)22-7-3-4-11(22)13-20-9(2)24-21-13/h5-6,11H,3-4,7H2,1-2H3/t11-/m0/s1. The van der Waals surface area contributed by atoms with Crippen molar-refractivity contribution in [2.24, 2.45) is 0 Å². The first kappa shape index (κ1) is 16.4. The minimum absolute atomic E-state index is 0.0461. The molecule has 0 aliphatic carbocycles. The summed E-state index contributed by atoms with van der Waals surface area (Å²) in [5, 5.41) is 3.85. The molecule has 24 heavy (non-hydrogen) atoms. The van der Waals surface area contributed by atoms with Crippen LogP contribution in [-0.4, -0.2) is 32.5 Å². The molecular weight excluding hydrogens is 325 g/mol. The van der Waals surface area contributed by atoms with E-state index >= 15 is 0 Å². The number of hydrogen-bond donors (Lipinski definition) is 0. The lowest BCUT2D eigenvalue weighted by Gasteiger charge is -2.23. The zero-order chi connectivity index (χ0) is 17.5. The monoisotopic (exact) mass is 340 g/mol. The van der Waals surface area contributed by atoms with Gasteiger partial charge in [0.1, 0.15) is 5.69 Å². The average Bonchev–Trinajstić information content (AvgIpc) is 3.13. The van der Waals surface area contributed by atoms with Crippen LogP contribution in [0, 0.1) is 13.8 Å². The third-order valence-electron chi connectivity index (χ3n) is 3.96. The fraction of sp³-hybridized carbons (Fsp3) is 0.467. The maximum absolute atomic E-state index is 12.7. The zero-order valence-corrected chi connectivity index (χ0v) is 13.1. The zero-order valence-electron chi connectivity index (χ0n) is 13.1. The third-order valence-corrected chi connectivity index (χ3v) is 3.96. The van der Waals surface area contributed by atoms with Crippen LogP contribution in [0.15, 0.2) is 16.7 Å². The number of likely N-dealkylation sites (tertiary alicyclic amines) is 1. The van der Waals surface area contributed by atoms with Crippen molar-refractivity contribution in [1.82, 2.24) is 20.0 Å². The van der Waals surface area contributed by atoms with E-state index in [1.54, 1.807) is 11.8 Å². The van der Waals surface area contributed by atoms with Crippen molar-refractivity contribution in [1.29, 1.82) is 0 Å². The molecule has 128 valence electrons. The highest BCUT2D eigenvalue weighted by Gasteiger charge is 2.36. The van der Waals surface area contributed by atoms with Crippen LogP contribution in [0.3, 0.4) is 0 Å². The van der Waals surface area contributed by atoms with Gasteiger partial charge in [0.2, 0.25) is 5.89 Å². The van der Waals surface area contributed by atoms with Crippen LogP contribution in [-0.2, 0) is 6.18 Å². The van der Waals surface area contributed by atoms with Crippen LogP contribution < -0.4 is 0 Å². The first-order valence-electron chi connectivity index (χ1n) is 7.43. The molecule has 0 radical (unpaired) electrons. The maximum atomic E-state index is 12.7. The quantitative estimate of drug-likeness (QED) is 0.840. The molecule has 0 spiro atoms. The second-order valence-electron chi connectivity index (χ2n) is 5.66. The molecule has 1 aliphatic heterocycles. The Morgan fingerprint density at radius 1 is 1.29 bits per heavy atom. The van der Waals surface area contributed by atoms with Gasteiger partial charge in [0, 0.05) is 13.5 Å². The van der Waals surface area contributed by atoms with Crippen LogP contribution in [0.2, 0.25) is 0 Å². The molecule has 3 rings (SSSR count). The largest absolute Gasteiger partial charge is 0.433 e. The number of alkyl halides is 3. The Morgan fingerprint density at radius 3 is 2.62 bits per heavy atom. The molecule has 0 N–H and O–H groups in total. The van der Waals surface area contributed by atoms with Gasteiger partial charge in [-0.3, -0.25) is 4.79 Å². The molecule has 1 saturated heterocycles. The predicted octanol–water partition coefficient (Wildman–Crippen LogP) is 3.08. The van der Waals surface area contributed by atoms with Crippen molar-refractivity contribution in [2.45, 2.75) is 38.9 Å². The molecule has 2 aromatic rings. The van der Waals surface area contributed by atoms with E-state index in [-0.39, 0.29) is 23.2 Å². The molecule has 1 fully saturated rings. The molecule has 6 nitrogen and oxygen atoms in total. The Hall–Kier alpha value is -2.45. The topological polar surface area (TPSA) is 72.1 Å². The van der Waals surface area contributed by atoms with Crippen LogP contribution in [0.1, 0.15) is 52.3 Å². The molecule has 0 unspecified atom stereocenters. The summed E-state index contributed by atoms with van der Waals surface area (Å²) in [6.07, 6.45) is -3.10. The number of rotatable bonds is 2. The summed E-state index contributed by atoms with van der Waals surface area (Å²) in [6.45, 7) is 3.53. The summed E-state index contributed by atoms with van der Waals surface area (Å²) < 4.78 is 43.1. The van der Waals surface area contributed by atoms with Gasteiger partial charge in [0.15, 0.2) is 5.82 Å². The van der Waals surface area contributed by atoms with Crippen LogP contribution in [0.4, 0.5) is 13.2 Å². The summed E-state index contributed by atoms with van der Waals surface area (Å²) in [4.78, 5) is 22.0. The Kier molecular flexibility index (Phi) is 4.02. The number of aryl methyl sites for hydroxylation is 2. The SMILES string of the molecule is Cc1nc([C@@H]2CCCN2C(=O)c2ccc(C(F)(F)F)nc2C)no1. The molecule has 3 heterocycles. The van der Waals surface area contributed by atoms with Crippen molar-refractivity contribution >= 4 is 5.91 Å². The molecule has 0 aromatic carbocycles. The molecule has 1 aliphatic rings. The molecule has 9 heteroatoms. The summed E-state index contributed by atoms with van der Waals surface area (Å²) >= 11 is 0. The van der Waals surface area contributed by atoms with Gasteiger partial charge in [-0.1, -0.05) is 5.16 Å². The number of aromatic nitrogens is 3. The highest BCUT2D eigenvalue weighted by molar-refractivity contribution is 5.95. The van der Waals surface area contributed by atoms with Gasteiger partial charge in [0.05, 0.1) is 17.3 Å². The van der Waals surface area contributed by atoms with Crippen molar-refractivity contribution in [2.75, 3.05) is 6.54 Å². The van der Waals surface area contributed by atoms with Gasteiger partial charge >= 0.3 is 6.18 Å². The maximum Gasteiger partial charge on any atom is 0.433 e. The second-order valence-corrected chi connectivity index (χ2v) is 5.66. The number of nitrogens with zero attached hydrogens (tertiary/aromatic N) is 4. The van der Waals surface area contributed by atoms with E-state index < -0.39 is 11.9 Å². The Balaban J connectivity index is 1.88. The smallest absolute Gasteiger partial charge is 0.340 e. The fourth-order valence-corrected chi connectivity index (χ4v) is 2.83. The number of carbonyl (C=O) groups is 1. The van der Waals surface area contributed by atoms with Crippen molar-refractivity contribution in [3.8, 4) is 0 Å². The van der Waals surface area contributed by atoms with E-state index in [2.05, 4.69) is 15.1 Å². The van der Waals surface area contributed by atoms with E-state index in [1.807, 2.05) is 0 Å². The number of hydrogen-bond acceptors (Lipinski definition) is 5. The molecule has 2 aromatic heterocycles. The Bertz CT molecular complexity index is 772. The second kappa shape index (κ2) is 5.88. The first-order valence-corrected chi connectivity index (χ1v) is 7.43. The lowest BCUT2D eigenvalue weighted by atomic mass is 10.1. The number of halogens is 3. The van der Waals surface area contributed by atoms with Gasteiger partial charge in [-0.25, -0.2) is 4.98 Å². The Morgan fingerprint density at radius 2 is 2.04 bits per heavy atom. The summed E-state index contributed by atoms with van der Waals surface area (Å²) in [5.74, 6) is 0.436. The molecule has 0 saturated carbocycles. The lowest BCUT2D eigenvalue weighted by Crippen LogP contribution is -2.32. The normalized spacial score (nSPS) is 18.2. The van der Waals surface area contributed by atoms with Gasteiger partial charge in [-0.15, -0.1) is 0 Å². The summed E-state index contributed by atoms with van der Waals surface area (Å²) in [7, 11) is 0. The van der Waals surface area contributed by atoms with Crippen molar-refractivity contribution < 1.29 is 22.5 Å². The van der Waals surface area contributed by atoms with E-state index in [9.17, 15) is 18.0 Å². The van der Waals surface area contributed by atoms with E-state index in [0.29, 0.717) is 24.7 Å². The van der Waals surface area contributed by atoms with Crippen LogP contribution >= 0.6 is 0 Å².